The van der Waals surface area contributed by atoms with Crippen molar-refractivity contribution >= 4 is 11.3 Å². The van der Waals surface area contributed by atoms with Crippen LogP contribution in [0.5, 0.6) is 0 Å². The van der Waals surface area contributed by atoms with Crippen molar-refractivity contribution in [2.75, 3.05) is 6.54 Å². The molecule has 1 aliphatic carbocycles. The summed E-state index contributed by atoms with van der Waals surface area (Å²) in [6.07, 6.45) is 7.05. The van der Waals surface area contributed by atoms with Crippen LogP contribution in [0.25, 0.3) is 0 Å². The van der Waals surface area contributed by atoms with E-state index in [-0.39, 0.29) is 5.41 Å². The van der Waals surface area contributed by atoms with Crippen molar-refractivity contribution in [1.82, 2.24) is 0 Å². The molecular formula is C14H23NOS. The Morgan fingerprint density at radius 2 is 2.00 bits per heavy atom. The summed E-state index contributed by atoms with van der Waals surface area (Å²) in [7, 11) is 0. The van der Waals surface area contributed by atoms with Gasteiger partial charge in [-0.3, -0.25) is 0 Å². The zero-order valence-corrected chi connectivity index (χ0v) is 11.4. The SMILES string of the molecule is CC(O)(c1cccs1)C1(CN)CCCCCC1. The zero-order chi connectivity index (χ0) is 12.4. The van der Waals surface area contributed by atoms with E-state index < -0.39 is 5.60 Å². The second-order valence-electron chi connectivity index (χ2n) is 5.45. The van der Waals surface area contributed by atoms with Crippen LogP contribution < -0.4 is 5.73 Å². The number of thiophene rings is 1. The lowest BCUT2D eigenvalue weighted by Crippen LogP contribution is -2.48. The monoisotopic (exact) mass is 253 g/mol. The van der Waals surface area contributed by atoms with Gasteiger partial charge in [0.2, 0.25) is 0 Å². The Bertz CT molecular complexity index is 337. The molecular weight excluding hydrogens is 230 g/mol. The average molecular weight is 253 g/mol. The molecule has 0 radical (unpaired) electrons. The molecule has 0 aromatic carbocycles. The maximum absolute atomic E-state index is 11.0. The van der Waals surface area contributed by atoms with Crippen molar-refractivity contribution in [1.29, 1.82) is 0 Å². The van der Waals surface area contributed by atoms with Crippen LogP contribution in [0.1, 0.15) is 50.3 Å². The Morgan fingerprint density at radius 3 is 2.47 bits per heavy atom. The molecule has 1 aromatic heterocycles. The van der Waals surface area contributed by atoms with E-state index >= 15 is 0 Å². The van der Waals surface area contributed by atoms with Crippen molar-refractivity contribution in [2.45, 2.75) is 51.0 Å². The first-order valence-corrected chi connectivity index (χ1v) is 7.47. The fourth-order valence-corrected chi connectivity index (χ4v) is 4.02. The van der Waals surface area contributed by atoms with Crippen molar-refractivity contribution in [2.24, 2.45) is 11.1 Å². The summed E-state index contributed by atoms with van der Waals surface area (Å²) in [4.78, 5) is 1.06. The number of rotatable bonds is 3. The Kier molecular flexibility index (Phi) is 3.91. The maximum atomic E-state index is 11.0. The van der Waals surface area contributed by atoms with Crippen molar-refractivity contribution in [3.63, 3.8) is 0 Å². The van der Waals surface area contributed by atoms with Crippen LogP contribution in [0.15, 0.2) is 17.5 Å². The summed E-state index contributed by atoms with van der Waals surface area (Å²) in [5.74, 6) is 0. The van der Waals surface area contributed by atoms with Gasteiger partial charge in [0.25, 0.3) is 0 Å². The fourth-order valence-electron chi connectivity index (χ4n) is 3.11. The lowest BCUT2D eigenvalue weighted by Gasteiger charge is -2.44. The average Bonchev–Trinajstić information content (AvgIpc) is 2.74. The van der Waals surface area contributed by atoms with E-state index in [1.165, 1.54) is 25.7 Å². The fraction of sp³-hybridized carbons (Fsp3) is 0.714. The summed E-state index contributed by atoms with van der Waals surface area (Å²) in [5, 5.41) is 13.0. The first-order valence-electron chi connectivity index (χ1n) is 6.59. The normalized spacial score (nSPS) is 23.9. The van der Waals surface area contributed by atoms with Crippen molar-refractivity contribution in [3.8, 4) is 0 Å². The number of hydrogen-bond donors (Lipinski definition) is 2. The topological polar surface area (TPSA) is 46.2 Å². The molecule has 0 spiro atoms. The molecule has 1 atom stereocenters. The van der Waals surface area contributed by atoms with Crippen LogP contribution in [0.2, 0.25) is 0 Å². The molecule has 0 aliphatic heterocycles. The summed E-state index contributed by atoms with van der Waals surface area (Å²) in [5.41, 5.74) is 5.14. The highest BCUT2D eigenvalue weighted by Crippen LogP contribution is 2.49. The Hall–Kier alpha value is -0.380. The van der Waals surface area contributed by atoms with Gasteiger partial charge in [-0.05, 0) is 31.2 Å². The molecule has 96 valence electrons. The lowest BCUT2D eigenvalue weighted by molar-refractivity contribution is -0.0785. The van der Waals surface area contributed by atoms with Crippen LogP contribution in [0.3, 0.4) is 0 Å². The van der Waals surface area contributed by atoms with Gasteiger partial charge in [-0.15, -0.1) is 11.3 Å². The first-order chi connectivity index (χ1) is 8.12. The summed E-state index contributed by atoms with van der Waals surface area (Å²) in [6.45, 7) is 2.54. The number of nitrogens with two attached hydrogens (primary N) is 1. The van der Waals surface area contributed by atoms with Gasteiger partial charge in [-0.2, -0.15) is 0 Å². The third kappa shape index (κ3) is 2.28. The van der Waals surface area contributed by atoms with E-state index in [2.05, 4.69) is 0 Å². The molecule has 1 aliphatic rings. The van der Waals surface area contributed by atoms with E-state index in [1.54, 1.807) is 11.3 Å². The van der Waals surface area contributed by atoms with Gasteiger partial charge in [0.15, 0.2) is 0 Å². The summed E-state index contributed by atoms with van der Waals surface area (Å²) < 4.78 is 0. The Balaban J connectivity index is 2.32. The summed E-state index contributed by atoms with van der Waals surface area (Å²) >= 11 is 1.64. The van der Waals surface area contributed by atoms with Crippen LogP contribution in [-0.2, 0) is 5.60 Å². The van der Waals surface area contributed by atoms with Crippen LogP contribution in [0.4, 0.5) is 0 Å². The molecule has 3 N–H and O–H groups in total. The second-order valence-corrected chi connectivity index (χ2v) is 6.40. The molecule has 0 saturated heterocycles. The van der Waals surface area contributed by atoms with E-state index in [9.17, 15) is 5.11 Å². The smallest absolute Gasteiger partial charge is 0.103 e. The largest absolute Gasteiger partial charge is 0.384 e. The van der Waals surface area contributed by atoms with Crippen LogP contribution >= 0.6 is 11.3 Å². The predicted molar refractivity (Wildman–Crippen MR) is 73.1 cm³/mol. The molecule has 2 rings (SSSR count). The zero-order valence-electron chi connectivity index (χ0n) is 10.6. The molecule has 1 aromatic rings. The third-order valence-electron chi connectivity index (χ3n) is 4.49. The highest BCUT2D eigenvalue weighted by molar-refractivity contribution is 7.10. The van der Waals surface area contributed by atoms with Gasteiger partial charge < -0.3 is 10.8 Å². The minimum atomic E-state index is -0.778. The van der Waals surface area contributed by atoms with Crippen molar-refractivity contribution < 1.29 is 5.11 Å². The number of hydrogen-bond acceptors (Lipinski definition) is 3. The highest BCUT2D eigenvalue weighted by atomic mass is 32.1. The van der Waals surface area contributed by atoms with Gasteiger partial charge in [0, 0.05) is 16.8 Å². The van der Waals surface area contributed by atoms with E-state index in [1.807, 2.05) is 24.4 Å². The second kappa shape index (κ2) is 5.09. The predicted octanol–water partition coefficient (Wildman–Crippen LogP) is 3.25. The lowest BCUT2D eigenvalue weighted by atomic mass is 9.67. The molecule has 0 amide bonds. The minimum Gasteiger partial charge on any atom is -0.384 e. The molecule has 0 bridgehead atoms. The molecule has 17 heavy (non-hydrogen) atoms. The highest BCUT2D eigenvalue weighted by Gasteiger charge is 2.47. The van der Waals surface area contributed by atoms with E-state index in [0.29, 0.717) is 6.54 Å². The Morgan fingerprint density at radius 1 is 1.35 bits per heavy atom. The number of aliphatic hydroxyl groups is 1. The van der Waals surface area contributed by atoms with E-state index in [4.69, 9.17) is 5.73 Å². The van der Waals surface area contributed by atoms with Gasteiger partial charge in [0.1, 0.15) is 5.60 Å². The van der Waals surface area contributed by atoms with Gasteiger partial charge in [-0.1, -0.05) is 31.7 Å². The third-order valence-corrected chi connectivity index (χ3v) is 5.57. The quantitative estimate of drug-likeness (QED) is 0.812. The standard InChI is InChI=1S/C14H23NOS/c1-13(16,12-7-6-10-17-12)14(11-15)8-4-2-3-5-9-14/h6-7,10,16H,2-5,8-9,11,15H2,1H3. The molecule has 1 fully saturated rings. The maximum Gasteiger partial charge on any atom is 0.103 e. The van der Waals surface area contributed by atoms with E-state index in [0.717, 1.165) is 17.7 Å². The molecule has 1 unspecified atom stereocenters. The van der Waals surface area contributed by atoms with Crippen molar-refractivity contribution in [3.05, 3.63) is 22.4 Å². The van der Waals surface area contributed by atoms with Crippen LogP contribution in [0, 0.1) is 5.41 Å². The van der Waals surface area contributed by atoms with Gasteiger partial charge in [0.05, 0.1) is 0 Å². The minimum absolute atomic E-state index is 0.131. The van der Waals surface area contributed by atoms with Gasteiger partial charge >= 0.3 is 0 Å². The summed E-state index contributed by atoms with van der Waals surface area (Å²) in [6, 6.07) is 4.04. The molecule has 1 saturated carbocycles. The molecule has 3 heteroatoms. The van der Waals surface area contributed by atoms with Gasteiger partial charge in [-0.25, -0.2) is 0 Å². The first kappa shape index (κ1) is 13.1. The molecule has 2 nitrogen and oxygen atoms in total. The molecule has 1 heterocycles. The Labute approximate surface area is 108 Å². The van der Waals surface area contributed by atoms with Crippen LogP contribution in [-0.4, -0.2) is 11.7 Å².